The summed E-state index contributed by atoms with van der Waals surface area (Å²) in [6.07, 6.45) is 4.44. The molecule has 1 heterocycles. The van der Waals surface area contributed by atoms with Gasteiger partial charge in [0.25, 0.3) is 0 Å². The molecule has 6 N–H and O–H groups in total. The Balaban J connectivity index is 1.59. The molecule has 1 atom stereocenters. The van der Waals surface area contributed by atoms with E-state index in [-0.39, 0.29) is 31.1 Å². The molecule has 0 aliphatic rings. The van der Waals surface area contributed by atoms with E-state index in [0.29, 0.717) is 49.2 Å². The molecule has 10 heteroatoms. The van der Waals surface area contributed by atoms with Crippen LogP contribution in [0.25, 0.3) is 10.8 Å². The van der Waals surface area contributed by atoms with Gasteiger partial charge >= 0.3 is 5.97 Å². The first kappa shape index (κ1) is 35.7. The zero-order valence-electron chi connectivity index (χ0n) is 26.6. The summed E-state index contributed by atoms with van der Waals surface area (Å²) < 4.78 is 0. The molecule has 1 amide bonds. The van der Waals surface area contributed by atoms with E-state index in [0.717, 1.165) is 41.4 Å². The van der Waals surface area contributed by atoms with Gasteiger partial charge in [-0.2, -0.15) is 5.90 Å². The van der Waals surface area contributed by atoms with Crippen LogP contribution in [0.5, 0.6) is 0 Å². The SMILES string of the molecule is CCN(CC)CC(O)CCC(=O)c1ccc(C#Cc2c(N)ncc3ccc(C#CCNC(=O)CCCCCC(=O)ON)cc23)cc1. The Labute approximate surface area is 270 Å². The number of amides is 1. The number of fused-ring (bicyclic) bond motifs is 1. The van der Waals surface area contributed by atoms with Crippen LogP contribution in [0.2, 0.25) is 0 Å². The molecule has 0 saturated heterocycles. The van der Waals surface area contributed by atoms with Gasteiger partial charge in [-0.1, -0.05) is 62.1 Å². The van der Waals surface area contributed by atoms with Gasteiger partial charge in [-0.3, -0.25) is 14.4 Å². The maximum atomic E-state index is 12.7. The molecule has 0 aliphatic carbocycles. The second-order valence-corrected chi connectivity index (χ2v) is 10.9. The predicted molar refractivity (Wildman–Crippen MR) is 179 cm³/mol. The van der Waals surface area contributed by atoms with Crippen LogP contribution in [0.4, 0.5) is 5.82 Å². The summed E-state index contributed by atoms with van der Waals surface area (Å²) in [6, 6.07) is 12.8. The van der Waals surface area contributed by atoms with Crippen molar-refractivity contribution in [2.75, 3.05) is 31.9 Å². The number of unbranched alkanes of at least 4 members (excludes halogenated alkanes) is 2. The van der Waals surface area contributed by atoms with E-state index in [1.165, 1.54) is 0 Å². The second-order valence-electron chi connectivity index (χ2n) is 10.9. The number of hydrogen-bond acceptors (Lipinski definition) is 9. The first-order chi connectivity index (χ1) is 22.2. The lowest BCUT2D eigenvalue weighted by molar-refractivity contribution is -0.144. The summed E-state index contributed by atoms with van der Waals surface area (Å²) in [7, 11) is 0. The number of aliphatic hydroxyl groups excluding tert-OH is 1. The molecule has 1 unspecified atom stereocenters. The third-order valence-electron chi connectivity index (χ3n) is 7.55. The van der Waals surface area contributed by atoms with E-state index in [1.54, 1.807) is 30.5 Å². The summed E-state index contributed by atoms with van der Waals surface area (Å²) in [6.45, 7) is 6.60. The van der Waals surface area contributed by atoms with Crippen LogP contribution in [-0.4, -0.2) is 64.9 Å². The first-order valence-electron chi connectivity index (χ1n) is 15.6. The fourth-order valence-corrected chi connectivity index (χ4v) is 4.79. The first-order valence-corrected chi connectivity index (χ1v) is 15.6. The number of Topliss-reactive ketones (excluding diaryl/α,β-unsaturated/α-hetero) is 1. The third kappa shape index (κ3) is 11.6. The molecule has 242 valence electrons. The zero-order valence-corrected chi connectivity index (χ0v) is 26.6. The highest BCUT2D eigenvalue weighted by molar-refractivity contribution is 5.96. The molecule has 1 aromatic heterocycles. The Hall–Kier alpha value is -4.74. The molecule has 2 aromatic carbocycles. The molecule has 0 fully saturated rings. The van der Waals surface area contributed by atoms with Crippen LogP contribution in [0.1, 0.15) is 85.8 Å². The van der Waals surface area contributed by atoms with Gasteiger partial charge < -0.3 is 25.9 Å². The highest BCUT2D eigenvalue weighted by atomic mass is 16.7. The van der Waals surface area contributed by atoms with Gasteiger partial charge in [0.1, 0.15) is 5.82 Å². The van der Waals surface area contributed by atoms with Crippen molar-refractivity contribution in [1.29, 1.82) is 0 Å². The largest absolute Gasteiger partial charge is 0.392 e. The summed E-state index contributed by atoms with van der Waals surface area (Å²) in [5.74, 6) is 16.8. The number of nitrogens with two attached hydrogens (primary N) is 2. The van der Waals surface area contributed by atoms with Crippen molar-refractivity contribution in [3.8, 4) is 23.7 Å². The van der Waals surface area contributed by atoms with Gasteiger partial charge in [-0.15, -0.1) is 0 Å². The standard InChI is InChI=1S/C36H43N5O5/c1-3-41(4-2)25-30(42)19-21-33(43)28-16-12-26(13-17-28)15-20-31-32-23-27(14-18-29(32)24-40-36(31)37)9-8-22-39-34(44)10-6-5-7-11-35(45)46-38/h12-14,16-18,23-24,30,42H,3-7,10-11,19,21-22,25,38H2,1-2H3,(H2,37,40)(H,39,44). The maximum Gasteiger partial charge on any atom is 0.324 e. The summed E-state index contributed by atoms with van der Waals surface area (Å²) >= 11 is 0. The predicted octanol–water partition coefficient (Wildman–Crippen LogP) is 3.72. The number of ketones is 1. The molecular weight excluding hydrogens is 582 g/mol. The van der Waals surface area contributed by atoms with E-state index in [9.17, 15) is 19.5 Å². The maximum absolute atomic E-state index is 12.7. The molecule has 0 spiro atoms. The number of nitrogens with zero attached hydrogens (tertiary/aromatic N) is 2. The summed E-state index contributed by atoms with van der Waals surface area (Å²) in [4.78, 5) is 46.3. The fraction of sp³-hybridized carbons (Fsp3) is 0.389. The van der Waals surface area contributed by atoms with E-state index >= 15 is 0 Å². The average molecular weight is 626 g/mol. The van der Waals surface area contributed by atoms with Crippen LogP contribution in [-0.2, 0) is 14.4 Å². The van der Waals surface area contributed by atoms with Gasteiger partial charge in [0.05, 0.1) is 18.2 Å². The molecule has 0 aliphatic heterocycles. The van der Waals surface area contributed by atoms with Crippen molar-refractivity contribution in [3.63, 3.8) is 0 Å². The molecule has 0 radical (unpaired) electrons. The van der Waals surface area contributed by atoms with Gasteiger partial charge in [0, 0.05) is 59.5 Å². The highest BCUT2D eigenvalue weighted by Crippen LogP contribution is 2.23. The Morgan fingerprint density at radius 1 is 0.957 bits per heavy atom. The molecule has 3 aromatic rings. The number of nitrogens with one attached hydrogen (secondary N) is 1. The minimum atomic E-state index is -0.537. The molecular formula is C36H43N5O5. The number of nitrogen functional groups attached to an aromatic ring is 1. The Morgan fingerprint density at radius 2 is 1.67 bits per heavy atom. The van der Waals surface area contributed by atoms with Gasteiger partial charge in [-0.25, -0.2) is 4.98 Å². The fourth-order valence-electron chi connectivity index (χ4n) is 4.79. The number of benzene rings is 2. The summed E-state index contributed by atoms with van der Waals surface area (Å²) in [5, 5.41) is 14.7. The van der Waals surface area contributed by atoms with Crippen molar-refractivity contribution in [2.24, 2.45) is 5.90 Å². The number of pyridine rings is 1. The van der Waals surface area contributed by atoms with Crippen molar-refractivity contribution >= 4 is 34.3 Å². The number of anilines is 1. The lowest BCUT2D eigenvalue weighted by atomic mass is 10.0. The topological polar surface area (TPSA) is 161 Å². The smallest absolute Gasteiger partial charge is 0.324 e. The number of carbonyl (C=O) groups is 3. The minimum Gasteiger partial charge on any atom is -0.392 e. The Morgan fingerprint density at radius 3 is 2.39 bits per heavy atom. The van der Waals surface area contributed by atoms with Crippen LogP contribution in [0.15, 0.2) is 48.7 Å². The number of likely N-dealkylation sites (N-methyl/N-ethyl adjacent to an activating group) is 1. The van der Waals surface area contributed by atoms with Crippen molar-refractivity contribution in [2.45, 2.75) is 64.9 Å². The Kier molecular flexibility index (Phi) is 14.7. The number of carbonyl (C=O) groups excluding carboxylic acids is 3. The molecule has 10 nitrogen and oxygen atoms in total. The van der Waals surface area contributed by atoms with Gasteiger partial charge in [0.15, 0.2) is 5.78 Å². The number of hydrogen-bond donors (Lipinski definition) is 4. The van der Waals surface area contributed by atoms with Crippen LogP contribution < -0.4 is 16.9 Å². The second kappa shape index (κ2) is 18.9. The lowest BCUT2D eigenvalue weighted by Gasteiger charge is -2.21. The third-order valence-corrected chi connectivity index (χ3v) is 7.55. The number of rotatable bonds is 15. The number of aliphatic hydroxyl groups is 1. The average Bonchev–Trinajstić information content (AvgIpc) is 3.07. The van der Waals surface area contributed by atoms with Crippen LogP contribution in [0, 0.1) is 23.7 Å². The monoisotopic (exact) mass is 625 g/mol. The van der Waals surface area contributed by atoms with Gasteiger partial charge in [0.2, 0.25) is 5.91 Å². The molecule has 3 rings (SSSR count). The molecule has 46 heavy (non-hydrogen) atoms. The molecule has 0 saturated carbocycles. The Bertz CT molecular complexity index is 1610. The van der Waals surface area contributed by atoms with Crippen LogP contribution >= 0.6 is 0 Å². The van der Waals surface area contributed by atoms with Crippen LogP contribution in [0.3, 0.4) is 0 Å². The van der Waals surface area contributed by atoms with Crippen molar-refractivity contribution < 1.29 is 24.3 Å². The quantitative estimate of drug-likeness (QED) is 0.0854. The normalized spacial score (nSPS) is 11.2. The number of aromatic nitrogens is 1. The van der Waals surface area contributed by atoms with E-state index in [1.807, 2.05) is 18.2 Å². The van der Waals surface area contributed by atoms with E-state index in [4.69, 9.17) is 11.6 Å². The van der Waals surface area contributed by atoms with Gasteiger partial charge in [-0.05, 0) is 56.6 Å². The van der Waals surface area contributed by atoms with Crippen molar-refractivity contribution in [3.05, 3.63) is 70.9 Å². The minimum absolute atomic E-state index is 0.0162. The summed E-state index contributed by atoms with van der Waals surface area (Å²) in [5.41, 5.74) is 8.84. The van der Waals surface area contributed by atoms with Crippen molar-refractivity contribution in [1.82, 2.24) is 15.2 Å². The zero-order chi connectivity index (χ0) is 33.3. The van der Waals surface area contributed by atoms with E-state index in [2.05, 4.69) is 57.6 Å². The van der Waals surface area contributed by atoms with E-state index < -0.39 is 12.1 Å². The lowest BCUT2D eigenvalue weighted by Crippen LogP contribution is -2.32. The molecule has 0 bridgehead atoms. The highest BCUT2D eigenvalue weighted by Gasteiger charge is 2.13.